The van der Waals surface area contributed by atoms with E-state index >= 15 is 0 Å². The summed E-state index contributed by atoms with van der Waals surface area (Å²) >= 11 is 0. The molecule has 0 amide bonds. The van der Waals surface area contributed by atoms with Crippen molar-refractivity contribution in [2.24, 2.45) is 0 Å². The van der Waals surface area contributed by atoms with Crippen molar-refractivity contribution in [2.45, 2.75) is 18.6 Å². The molecule has 0 heterocycles. The summed E-state index contributed by atoms with van der Waals surface area (Å²) in [6, 6.07) is 3.46. The fourth-order valence-electron chi connectivity index (χ4n) is 1.41. The molecule has 1 aromatic carbocycles. The zero-order valence-corrected chi connectivity index (χ0v) is 8.88. The van der Waals surface area contributed by atoms with E-state index in [4.69, 9.17) is 10.2 Å². The first kappa shape index (κ1) is 13.6. The van der Waals surface area contributed by atoms with Crippen LogP contribution in [0, 0.1) is 5.82 Å². The van der Waals surface area contributed by atoms with E-state index in [2.05, 4.69) is 0 Å². The summed E-state index contributed by atoms with van der Waals surface area (Å²) in [5, 5.41) is 35.9. The molecule has 0 saturated heterocycles. The quantitative estimate of drug-likeness (QED) is 0.577. The molecule has 0 aliphatic carbocycles. The minimum atomic E-state index is -1.59. The van der Waals surface area contributed by atoms with E-state index in [0.717, 1.165) is 12.1 Å². The normalized spacial score (nSPS) is 14.4. The zero-order valence-electron chi connectivity index (χ0n) is 8.88. The van der Waals surface area contributed by atoms with E-state index in [0.29, 0.717) is 5.56 Å². The zero-order chi connectivity index (χ0) is 13.0. The van der Waals surface area contributed by atoms with E-state index in [1.54, 1.807) is 0 Å². The van der Waals surface area contributed by atoms with Crippen LogP contribution >= 0.6 is 0 Å². The van der Waals surface area contributed by atoms with Gasteiger partial charge in [0.05, 0.1) is 13.0 Å². The molecule has 2 unspecified atom stereocenters. The molecule has 1 rings (SSSR count). The van der Waals surface area contributed by atoms with E-state index in [9.17, 15) is 19.4 Å². The predicted molar refractivity (Wildman–Crippen MR) is 55.8 cm³/mol. The lowest BCUT2D eigenvalue weighted by molar-refractivity contribution is -0.136. The second kappa shape index (κ2) is 5.72. The van der Waals surface area contributed by atoms with E-state index in [1.807, 2.05) is 0 Å². The van der Waals surface area contributed by atoms with Gasteiger partial charge in [0.25, 0.3) is 0 Å². The smallest absolute Gasteiger partial charge is 0.307 e. The lowest BCUT2D eigenvalue weighted by Crippen LogP contribution is -2.23. The number of benzene rings is 1. The Balaban J connectivity index is 3.01. The van der Waals surface area contributed by atoms with Crippen LogP contribution in [0.2, 0.25) is 0 Å². The molecule has 4 N–H and O–H groups in total. The molecule has 94 valence electrons. The number of carbonyl (C=O) groups is 1. The molecule has 0 saturated carbocycles. The summed E-state index contributed by atoms with van der Waals surface area (Å²) in [6.07, 6.45) is -3.41. The number of hydrogen-bond donors (Lipinski definition) is 4. The van der Waals surface area contributed by atoms with Crippen molar-refractivity contribution in [1.82, 2.24) is 0 Å². The van der Waals surface area contributed by atoms with Crippen molar-refractivity contribution in [3.63, 3.8) is 0 Å². The number of hydrogen-bond acceptors (Lipinski definition) is 4. The Kier molecular flexibility index (Phi) is 4.56. The lowest BCUT2D eigenvalue weighted by Gasteiger charge is -2.17. The standard InChI is InChI=1S/C11H13FO5/c12-8-2-1-6(4-10(15)16)3-7(8)11(17)9(14)5-13/h1-3,9,11,13-14,17H,4-5H2,(H,15,16). The van der Waals surface area contributed by atoms with Gasteiger partial charge in [-0.1, -0.05) is 6.07 Å². The Morgan fingerprint density at radius 3 is 2.53 bits per heavy atom. The highest BCUT2D eigenvalue weighted by molar-refractivity contribution is 5.70. The highest BCUT2D eigenvalue weighted by atomic mass is 19.1. The molecule has 5 nitrogen and oxygen atoms in total. The van der Waals surface area contributed by atoms with Crippen LogP contribution in [-0.4, -0.2) is 39.1 Å². The Hall–Kier alpha value is -1.50. The Bertz CT molecular complexity index is 407. The molecular formula is C11H13FO5. The van der Waals surface area contributed by atoms with E-state index in [-0.39, 0.29) is 12.0 Å². The van der Waals surface area contributed by atoms with Crippen LogP contribution in [0.15, 0.2) is 18.2 Å². The minimum absolute atomic E-state index is 0.231. The minimum Gasteiger partial charge on any atom is -0.481 e. The highest BCUT2D eigenvalue weighted by Crippen LogP contribution is 2.21. The Morgan fingerprint density at radius 2 is 2.00 bits per heavy atom. The molecule has 6 heteroatoms. The maximum atomic E-state index is 13.4. The number of rotatable bonds is 5. The lowest BCUT2D eigenvalue weighted by atomic mass is 10.0. The van der Waals surface area contributed by atoms with Gasteiger partial charge in [0.15, 0.2) is 0 Å². The van der Waals surface area contributed by atoms with Crippen molar-refractivity contribution in [3.8, 4) is 0 Å². The van der Waals surface area contributed by atoms with Crippen LogP contribution in [0.1, 0.15) is 17.2 Å². The van der Waals surface area contributed by atoms with E-state index in [1.165, 1.54) is 6.07 Å². The molecule has 0 fully saturated rings. The van der Waals surface area contributed by atoms with Crippen molar-refractivity contribution >= 4 is 5.97 Å². The first-order valence-corrected chi connectivity index (χ1v) is 4.92. The number of aliphatic hydroxyl groups excluding tert-OH is 3. The Morgan fingerprint density at radius 1 is 1.35 bits per heavy atom. The van der Waals surface area contributed by atoms with Gasteiger partial charge in [0, 0.05) is 5.56 Å². The average molecular weight is 244 g/mol. The SMILES string of the molecule is O=C(O)Cc1ccc(F)c(C(O)C(O)CO)c1. The fraction of sp³-hybridized carbons (Fsp3) is 0.364. The summed E-state index contributed by atoms with van der Waals surface area (Å²) in [5.41, 5.74) is 0.0726. The van der Waals surface area contributed by atoms with Gasteiger partial charge in [0.1, 0.15) is 18.0 Å². The van der Waals surface area contributed by atoms with Crippen LogP contribution in [0.5, 0.6) is 0 Å². The van der Waals surface area contributed by atoms with Gasteiger partial charge in [-0.05, 0) is 17.7 Å². The maximum absolute atomic E-state index is 13.4. The van der Waals surface area contributed by atoms with Gasteiger partial charge in [0.2, 0.25) is 0 Å². The second-order valence-corrected chi connectivity index (χ2v) is 3.62. The third-order valence-corrected chi connectivity index (χ3v) is 2.29. The third kappa shape index (κ3) is 3.48. The number of halogens is 1. The van der Waals surface area contributed by atoms with Gasteiger partial charge in [-0.2, -0.15) is 0 Å². The van der Waals surface area contributed by atoms with Gasteiger partial charge < -0.3 is 20.4 Å². The third-order valence-electron chi connectivity index (χ3n) is 2.29. The van der Waals surface area contributed by atoms with Crippen molar-refractivity contribution in [3.05, 3.63) is 35.1 Å². The van der Waals surface area contributed by atoms with Crippen molar-refractivity contribution < 1.29 is 29.6 Å². The maximum Gasteiger partial charge on any atom is 0.307 e. The number of aliphatic hydroxyl groups is 3. The van der Waals surface area contributed by atoms with Gasteiger partial charge >= 0.3 is 5.97 Å². The molecule has 0 aromatic heterocycles. The number of carboxylic acid groups (broad SMARTS) is 1. The number of carboxylic acids is 1. The first-order chi connectivity index (χ1) is 7.95. The predicted octanol–water partition coefficient (Wildman–Crippen LogP) is -0.161. The monoisotopic (exact) mass is 244 g/mol. The molecule has 0 radical (unpaired) electrons. The van der Waals surface area contributed by atoms with Gasteiger partial charge in [-0.15, -0.1) is 0 Å². The number of aliphatic carboxylic acids is 1. The second-order valence-electron chi connectivity index (χ2n) is 3.62. The average Bonchev–Trinajstić information content (AvgIpc) is 2.29. The molecule has 0 aliphatic heterocycles. The molecule has 2 atom stereocenters. The van der Waals surface area contributed by atoms with Crippen LogP contribution in [0.4, 0.5) is 4.39 Å². The molecular weight excluding hydrogens is 231 g/mol. The molecule has 1 aromatic rings. The molecule has 0 spiro atoms. The summed E-state index contributed by atoms with van der Waals surface area (Å²) in [5.74, 6) is -1.85. The molecule has 0 bridgehead atoms. The molecule has 0 aliphatic rings. The van der Waals surface area contributed by atoms with Crippen LogP contribution in [-0.2, 0) is 11.2 Å². The fourth-order valence-corrected chi connectivity index (χ4v) is 1.41. The van der Waals surface area contributed by atoms with Crippen molar-refractivity contribution in [2.75, 3.05) is 6.61 Å². The van der Waals surface area contributed by atoms with Gasteiger partial charge in [-0.25, -0.2) is 4.39 Å². The largest absolute Gasteiger partial charge is 0.481 e. The summed E-state index contributed by atoms with van der Waals surface area (Å²) in [4.78, 5) is 10.5. The highest BCUT2D eigenvalue weighted by Gasteiger charge is 2.21. The van der Waals surface area contributed by atoms with Crippen LogP contribution in [0.3, 0.4) is 0 Å². The van der Waals surface area contributed by atoms with Crippen LogP contribution in [0.25, 0.3) is 0 Å². The van der Waals surface area contributed by atoms with Crippen LogP contribution < -0.4 is 0 Å². The van der Waals surface area contributed by atoms with Crippen molar-refractivity contribution in [1.29, 1.82) is 0 Å². The molecule has 17 heavy (non-hydrogen) atoms. The topological polar surface area (TPSA) is 98.0 Å². The summed E-state index contributed by atoms with van der Waals surface area (Å²) in [6.45, 7) is -0.718. The van der Waals surface area contributed by atoms with Gasteiger partial charge in [-0.3, -0.25) is 4.79 Å². The summed E-state index contributed by atoms with van der Waals surface area (Å²) in [7, 11) is 0. The Labute approximate surface area is 96.8 Å². The van der Waals surface area contributed by atoms with E-state index < -0.39 is 30.6 Å². The summed E-state index contributed by atoms with van der Waals surface area (Å²) < 4.78 is 13.4. The first-order valence-electron chi connectivity index (χ1n) is 4.92.